The van der Waals surface area contributed by atoms with Gasteiger partial charge in [0.15, 0.2) is 9.84 Å². The minimum absolute atomic E-state index is 0.157. The first-order chi connectivity index (χ1) is 14.9. The molecule has 2 N–H and O–H groups in total. The van der Waals surface area contributed by atoms with E-state index in [1.807, 2.05) is 24.3 Å². The summed E-state index contributed by atoms with van der Waals surface area (Å²) >= 11 is 7.61. The van der Waals surface area contributed by atoms with E-state index in [4.69, 9.17) is 11.6 Å². The minimum Gasteiger partial charge on any atom is -0.371 e. The van der Waals surface area contributed by atoms with Gasteiger partial charge in [0.2, 0.25) is 0 Å². The maximum atomic E-state index is 12.3. The number of anilines is 1. The molecule has 0 heterocycles. The number of thioether (sulfide) groups is 1. The van der Waals surface area contributed by atoms with Gasteiger partial charge >= 0.3 is 0 Å². The van der Waals surface area contributed by atoms with Crippen LogP contribution in [0.5, 0.6) is 0 Å². The van der Waals surface area contributed by atoms with E-state index in [1.54, 1.807) is 66.4 Å². The molecule has 31 heavy (non-hydrogen) atoms. The zero-order valence-corrected chi connectivity index (χ0v) is 19.1. The molecular weight excluding hydrogens is 452 g/mol. The Morgan fingerprint density at radius 2 is 1.58 bits per heavy atom. The van der Waals surface area contributed by atoms with Gasteiger partial charge in [0.25, 0.3) is 5.91 Å². The summed E-state index contributed by atoms with van der Waals surface area (Å²) in [5.74, 6) is 1.29. The van der Waals surface area contributed by atoms with Crippen molar-refractivity contribution in [3.63, 3.8) is 0 Å². The van der Waals surface area contributed by atoms with Crippen LogP contribution in [0.15, 0.2) is 83.8 Å². The first kappa shape index (κ1) is 23.2. The van der Waals surface area contributed by atoms with E-state index in [9.17, 15) is 13.2 Å². The van der Waals surface area contributed by atoms with E-state index < -0.39 is 9.84 Å². The van der Waals surface area contributed by atoms with E-state index in [0.29, 0.717) is 17.8 Å². The molecule has 0 aliphatic carbocycles. The van der Waals surface area contributed by atoms with Crippen LogP contribution in [0.2, 0.25) is 5.02 Å². The Morgan fingerprint density at radius 3 is 2.26 bits per heavy atom. The zero-order chi connectivity index (χ0) is 22.1. The third kappa shape index (κ3) is 7.31. The first-order valence-electron chi connectivity index (χ1n) is 9.66. The van der Waals surface area contributed by atoms with Crippen molar-refractivity contribution in [3.05, 3.63) is 95.0 Å². The van der Waals surface area contributed by atoms with Crippen LogP contribution in [-0.4, -0.2) is 32.5 Å². The van der Waals surface area contributed by atoms with Crippen LogP contribution in [-0.2, 0) is 15.6 Å². The Bertz CT molecular complexity index is 1090. The van der Waals surface area contributed by atoms with Gasteiger partial charge < -0.3 is 10.6 Å². The van der Waals surface area contributed by atoms with Crippen molar-refractivity contribution in [2.45, 2.75) is 10.6 Å². The lowest BCUT2D eigenvalue weighted by Gasteiger charge is -2.09. The molecule has 0 saturated heterocycles. The summed E-state index contributed by atoms with van der Waals surface area (Å²) < 4.78 is 24.6. The number of sulfone groups is 1. The van der Waals surface area contributed by atoms with E-state index >= 15 is 0 Å². The predicted molar refractivity (Wildman–Crippen MR) is 129 cm³/mol. The number of rotatable bonds is 10. The molecule has 0 radical (unpaired) electrons. The number of carbonyl (C=O) groups is 1. The van der Waals surface area contributed by atoms with Crippen molar-refractivity contribution in [1.29, 1.82) is 0 Å². The van der Waals surface area contributed by atoms with Crippen molar-refractivity contribution in [2.75, 3.05) is 23.5 Å². The molecule has 0 fully saturated rings. The number of nitrogens with one attached hydrogen (secondary N) is 2. The standard InChI is InChI=1S/C23H23ClN2O3S2/c24-20-10-6-18(7-11-20)16-30-15-14-25-23(27)19-8-12-21(13-9-19)26-17-31(28,29)22-4-2-1-3-5-22/h1-13,26H,14-17H2,(H,25,27). The fraction of sp³-hybridized carbons (Fsp3) is 0.174. The normalized spacial score (nSPS) is 11.1. The maximum absolute atomic E-state index is 12.3. The van der Waals surface area contributed by atoms with Crippen LogP contribution >= 0.6 is 23.4 Å². The molecule has 162 valence electrons. The Balaban J connectivity index is 1.41. The second-order valence-electron chi connectivity index (χ2n) is 6.76. The second kappa shape index (κ2) is 11.2. The highest BCUT2D eigenvalue weighted by atomic mass is 35.5. The summed E-state index contributed by atoms with van der Waals surface area (Å²) in [6.45, 7) is 0.562. The van der Waals surface area contributed by atoms with Crippen molar-refractivity contribution in [1.82, 2.24) is 5.32 Å². The lowest BCUT2D eigenvalue weighted by Crippen LogP contribution is -2.25. The minimum atomic E-state index is -3.42. The molecule has 0 bridgehead atoms. The molecule has 0 saturated carbocycles. The Labute approximate surface area is 192 Å². The van der Waals surface area contributed by atoms with Crippen molar-refractivity contribution in [3.8, 4) is 0 Å². The molecule has 8 heteroatoms. The number of benzene rings is 3. The van der Waals surface area contributed by atoms with E-state index in [0.717, 1.165) is 16.5 Å². The summed E-state index contributed by atoms with van der Waals surface area (Å²) in [5, 5.41) is 6.51. The SMILES string of the molecule is O=C(NCCSCc1ccc(Cl)cc1)c1ccc(NCS(=O)(=O)c2ccccc2)cc1. The predicted octanol–water partition coefficient (Wildman–Crippen LogP) is 4.85. The van der Waals surface area contributed by atoms with E-state index in [2.05, 4.69) is 10.6 Å². The molecule has 3 aromatic rings. The van der Waals surface area contributed by atoms with Crippen LogP contribution in [0.1, 0.15) is 15.9 Å². The lowest BCUT2D eigenvalue weighted by molar-refractivity contribution is 0.0956. The molecule has 0 unspecified atom stereocenters. The van der Waals surface area contributed by atoms with Gasteiger partial charge in [0, 0.05) is 34.3 Å². The van der Waals surface area contributed by atoms with E-state index in [-0.39, 0.29) is 16.7 Å². The lowest BCUT2D eigenvalue weighted by atomic mass is 10.2. The van der Waals surface area contributed by atoms with Gasteiger partial charge in [0.05, 0.1) is 4.90 Å². The second-order valence-corrected chi connectivity index (χ2v) is 10.3. The van der Waals surface area contributed by atoms with Gasteiger partial charge in [-0.3, -0.25) is 4.79 Å². The van der Waals surface area contributed by atoms with Gasteiger partial charge in [0.1, 0.15) is 5.88 Å². The third-order valence-electron chi connectivity index (χ3n) is 4.43. The van der Waals surface area contributed by atoms with Crippen LogP contribution in [0.25, 0.3) is 0 Å². The Kier molecular flexibility index (Phi) is 8.40. The fourth-order valence-corrected chi connectivity index (χ4v) is 4.78. The smallest absolute Gasteiger partial charge is 0.251 e. The number of hydrogen-bond donors (Lipinski definition) is 2. The van der Waals surface area contributed by atoms with Crippen molar-refractivity contribution >= 4 is 44.8 Å². The number of carbonyl (C=O) groups excluding carboxylic acids is 1. The summed E-state index contributed by atoms with van der Waals surface area (Å²) in [7, 11) is -3.42. The van der Waals surface area contributed by atoms with Crippen LogP contribution in [0.4, 0.5) is 5.69 Å². The van der Waals surface area contributed by atoms with Crippen LogP contribution in [0, 0.1) is 0 Å². The summed E-state index contributed by atoms with van der Waals surface area (Å²) in [6, 6.07) is 22.8. The first-order valence-corrected chi connectivity index (χ1v) is 12.8. The largest absolute Gasteiger partial charge is 0.371 e. The van der Waals surface area contributed by atoms with Crippen LogP contribution < -0.4 is 10.6 Å². The third-order valence-corrected chi connectivity index (χ3v) is 7.23. The molecule has 3 aromatic carbocycles. The van der Waals surface area contributed by atoms with Gasteiger partial charge in [-0.15, -0.1) is 0 Å². The Morgan fingerprint density at radius 1 is 0.903 bits per heavy atom. The highest BCUT2D eigenvalue weighted by molar-refractivity contribution is 7.98. The molecule has 0 atom stereocenters. The molecule has 0 aromatic heterocycles. The number of halogens is 1. The monoisotopic (exact) mass is 474 g/mol. The number of hydrogen-bond acceptors (Lipinski definition) is 5. The number of amides is 1. The van der Waals surface area contributed by atoms with Crippen LogP contribution in [0.3, 0.4) is 0 Å². The molecule has 1 amide bonds. The van der Waals surface area contributed by atoms with Crippen molar-refractivity contribution < 1.29 is 13.2 Å². The Hall–Kier alpha value is -2.48. The fourth-order valence-electron chi connectivity index (χ4n) is 2.74. The molecule has 0 aliphatic heterocycles. The molecule has 3 rings (SSSR count). The van der Waals surface area contributed by atoms with Gasteiger partial charge in [-0.05, 0) is 54.1 Å². The average molecular weight is 475 g/mol. The highest BCUT2D eigenvalue weighted by Crippen LogP contribution is 2.16. The molecule has 5 nitrogen and oxygen atoms in total. The van der Waals surface area contributed by atoms with E-state index in [1.165, 1.54) is 5.56 Å². The van der Waals surface area contributed by atoms with Crippen molar-refractivity contribution in [2.24, 2.45) is 0 Å². The zero-order valence-electron chi connectivity index (χ0n) is 16.8. The topological polar surface area (TPSA) is 75.3 Å². The quantitative estimate of drug-likeness (QED) is 0.411. The van der Waals surface area contributed by atoms with Gasteiger partial charge in [-0.1, -0.05) is 41.9 Å². The highest BCUT2D eigenvalue weighted by Gasteiger charge is 2.13. The maximum Gasteiger partial charge on any atom is 0.251 e. The molecule has 0 aliphatic rings. The van der Waals surface area contributed by atoms with Gasteiger partial charge in [-0.25, -0.2) is 8.42 Å². The summed E-state index contributed by atoms with van der Waals surface area (Å²) in [4.78, 5) is 12.5. The summed E-state index contributed by atoms with van der Waals surface area (Å²) in [6.07, 6.45) is 0. The molecular formula is C23H23ClN2O3S2. The summed E-state index contributed by atoms with van der Waals surface area (Å²) in [5.41, 5.74) is 2.35. The molecule has 0 spiro atoms. The average Bonchev–Trinajstić information content (AvgIpc) is 2.79. The van der Waals surface area contributed by atoms with Gasteiger partial charge in [-0.2, -0.15) is 11.8 Å².